The van der Waals surface area contributed by atoms with Crippen LogP contribution in [0.4, 0.5) is 4.39 Å². The van der Waals surface area contributed by atoms with Crippen molar-refractivity contribution in [2.45, 2.75) is 13.1 Å². The number of nitrogens with one attached hydrogen (secondary N) is 1. The Labute approximate surface area is 107 Å². The summed E-state index contributed by atoms with van der Waals surface area (Å²) >= 11 is 3.32. The summed E-state index contributed by atoms with van der Waals surface area (Å²) in [6.45, 7) is 1.94. The van der Waals surface area contributed by atoms with E-state index < -0.39 is 0 Å². The first-order valence-electron chi connectivity index (χ1n) is 5.24. The minimum absolute atomic E-state index is 0.193. The molecule has 1 aromatic heterocycles. The largest absolute Gasteiger partial charge is 0.311 e. The molecule has 17 heavy (non-hydrogen) atoms. The zero-order valence-electron chi connectivity index (χ0n) is 9.11. The molecular weight excluding hydrogens is 287 g/mol. The van der Waals surface area contributed by atoms with Crippen molar-refractivity contribution in [1.82, 2.24) is 20.3 Å². The standard InChI is InChI=1S/C11H12BrFN4/c12-10-1-2-11(13)9(7-10)8-14-3-5-17-6-4-15-16-17/h1-2,4,6-7,14H,3,5,8H2. The Kier molecular flexibility index (Phi) is 4.22. The van der Waals surface area contributed by atoms with Crippen molar-refractivity contribution >= 4 is 15.9 Å². The highest BCUT2D eigenvalue weighted by atomic mass is 79.9. The highest BCUT2D eigenvalue weighted by molar-refractivity contribution is 9.10. The van der Waals surface area contributed by atoms with Gasteiger partial charge in [0.25, 0.3) is 0 Å². The van der Waals surface area contributed by atoms with Crippen LogP contribution in [-0.2, 0) is 13.1 Å². The van der Waals surface area contributed by atoms with Gasteiger partial charge in [0.15, 0.2) is 0 Å². The molecule has 1 heterocycles. The number of rotatable bonds is 5. The van der Waals surface area contributed by atoms with Gasteiger partial charge in [0.1, 0.15) is 5.82 Å². The molecule has 4 nitrogen and oxygen atoms in total. The predicted octanol–water partition coefficient (Wildman–Crippen LogP) is 1.97. The van der Waals surface area contributed by atoms with Gasteiger partial charge in [-0.25, -0.2) is 4.39 Å². The second-order valence-electron chi connectivity index (χ2n) is 3.58. The highest BCUT2D eigenvalue weighted by Crippen LogP contribution is 2.15. The van der Waals surface area contributed by atoms with Gasteiger partial charge < -0.3 is 5.32 Å². The summed E-state index contributed by atoms with van der Waals surface area (Å²) in [6, 6.07) is 4.92. The zero-order valence-corrected chi connectivity index (χ0v) is 10.7. The van der Waals surface area contributed by atoms with Crippen molar-refractivity contribution in [3.8, 4) is 0 Å². The molecule has 0 saturated carbocycles. The van der Waals surface area contributed by atoms with Crippen LogP contribution < -0.4 is 5.32 Å². The van der Waals surface area contributed by atoms with E-state index in [0.717, 1.165) is 17.6 Å². The molecule has 6 heteroatoms. The molecule has 0 aliphatic carbocycles. The Bertz CT molecular complexity index is 472. The summed E-state index contributed by atoms with van der Waals surface area (Å²) in [4.78, 5) is 0. The second-order valence-corrected chi connectivity index (χ2v) is 4.49. The van der Waals surface area contributed by atoms with Crippen molar-refractivity contribution in [3.63, 3.8) is 0 Å². The maximum atomic E-state index is 13.4. The molecule has 0 unspecified atom stereocenters. The minimum Gasteiger partial charge on any atom is -0.311 e. The Morgan fingerprint density at radius 3 is 3.06 bits per heavy atom. The fourth-order valence-electron chi connectivity index (χ4n) is 1.45. The highest BCUT2D eigenvalue weighted by Gasteiger charge is 2.02. The molecule has 0 spiro atoms. The van der Waals surface area contributed by atoms with Crippen LogP contribution in [0.2, 0.25) is 0 Å². The average molecular weight is 299 g/mol. The number of halogens is 2. The quantitative estimate of drug-likeness (QED) is 0.858. The molecule has 1 N–H and O–H groups in total. The van der Waals surface area contributed by atoms with E-state index >= 15 is 0 Å². The number of benzene rings is 1. The van der Waals surface area contributed by atoms with Gasteiger partial charge in [-0.15, -0.1) is 5.10 Å². The summed E-state index contributed by atoms with van der Waals surface area (Å²) in [5.41, 5.74) is 0.651. The van der Waals surface area contributed by atoms with Gasteiger partial charge in [0, 0.05) is 29.3 Å². The summed E-state index contributed by atoms with van der Waals surface area (Å²) in [6.07, 6.45) is 3.43. The third kappa shape index (κ3) is 3.61. The lowest BCUT2D eigenvalue weighted by molar-refractivity contribution is 0.529. The average Bonchev–Trinajstić information content (AvgIpc) is 2.82. The smallest absolute Gasteiger partial charge is 0.127 e. The zero-order chi connectivity index (χ0) is 12.1. The van der Waals surface area contributed by atoms with Crippen LogP contribution in [0.5, 0.6) is 0 Å². The van der Waals surface area contributed by atoms with E-state index in [0.29, 0.717) is 12.1 Å². The number of aromatic nitrogens is 3. The first kappa shape index (κ1) is 12.2. The SMILES string of the molecule is Fc1ccc(Br)cc1CNCCn1ccnn1. The second kappa shape index (κ2) is 5.88. The maximum Gasteiger partial charge on any atom is 0.127 e. The fraction of sp³-hybridized carbons (Fsp3) is 0.273. The summed E-state index contributed by atoms with van der Waals surface area (Å²) in [5, 5.41) is 10.7. The molecule has 0 amide bonds. The van der Waals surface area contributed by atoms with Gasteiger partial charge in [0.05, 0.1) is 12.7 Å². The molecule has 0 aliphatic rings. The van der Waals surface area contributed by atoms with E-state index in [2.05, 4.69) is 31.6 Å². The Morgan fingerprint density at radius 2 is 2.29 bits per heavy atom. The van der Waals surface area contributed by atoms with E-state index in [4.69, 9.17) is 0 Å². The van der Waals surface area contributed by atoms with Crippen molar-refractivity contribution in [2.24, 2.45) is 0 Å². The molecule has 0 fully saturated rings. The fourth-order valence-corrected chi connectivity index (χ4v) is 1.86. The van der Waals surface area contributed by atoms with Gasteiger partial charge in [-0.05, 0) is 18.2 Å². The number of hydrogen-bond donors (Lipinski definition) is 1. The summed E-state index contributed by atoms with van der Waals surface area (Å²) < 4.78 is 16.0. The number of nitrogens with zero attached hydrogens (tertiary/aromatic N) is 3. The third-order valence-corrected chi connectivity index (χ3v) is 2.81. The van der Waals surface area contributed by atoms with Gasteiger partial charge >= 0.3 is 0 Å². The van der Waals surface area contributed by atoms with Crippen molar-refractivity contribution in [1.29, 1.82) is 0 Å². The van der Waals surface area contributed by atoms with Gasteiger partial charge in [0.2, 0.25) is 0 Å². The molecule has 2 rings (SSSR count). The third-order valence-electron chi connectivity index (χ3n) is 2.31. The van der Waals surface area contributed by atoms with Crippen LogP contribution in [0.25, 0.3) is 0 Å². The molecule has 0 saturated heterocycles. The van der Waals surface area contributed by atoms with E-state index in [9.17, 15) is 4.39 Å². The normalized spacial score (nSPS) is 10.7. The minimum atomic E-state index is -0.193. The van der Waals surface area contributed by atoms with Crippen LogP contribution in [-0.4, -0.2) is 21.5 Å². The molecule has 0 bridgehead atoms. The first-order chi connectivity index (χ1) is 8.25. The van der Waals surface area contributed by atoms with Crippen LogP contribution in [0.3, 0.4) is 0 Å². The Morgan fingerprint density at radius 1 is 1.41 bits per heavy atom. The Hall–Kier alpha value is -1.27. The summed E-state index contributed by atoms with van der Waals surface area (Å²) in [5.74, 6) is -0.193. The van der Waals surface area contributed by atoms with Gasteiger partial charge in [-0.3, -0.25) is 4.68 Å². The van der Waals surface area contributed by atoms with Crippen LogP contribution in [0.15, 0.2) is 35.1 Å². The molecule has 90 valence electrons. The Balaban J connectivity index is 1.80. The van der Waals surface area contributed by atoms with Gasteiger partial charge in [-0.1, -0.05) is 21.1 Å². The van der Waals surface area contributed by atoms with Crippen LogP contribution in [0.1, 0.15) is 5.56 Å². The van der Waals surface area contributed by atoms with Crippen LogP contribution >= 0.6 is 15.9 Å². The summed E-state index contributed by atoms with van der Waals surface area (Å²) in [7, 11) is 0. The van der Waals surface area contributed by atoms with Crippen molar-refractivity contribution < 1.29 is 4.39 Å². The molecular formula is C11H12BrFN4. The lowest BCUT2D eigenvalue weighted by Crippen LogP contribution is -2.20. The van der Waals surface area contributed by atoms with E-state index in [1.165, 1.54) is 6.07 Å². The van der Waals surface area contributed by atoms with Crippen molar-refractivity contribution in [3.05, 3.63) is 46.4 Å². The molecule has 0 aliphatic heterocycles. The predicted molar refractivity (Wildman–Crippen MR) is 65.8 cm³/mol. The van der Waals surface area contributed by atoms with E-state index in [-0.39, 0.29) is 5.82 Å². The lowest BCUT2D eigenvalue weighted by atomic mass is 10.2. The maximum absolute atomic E-state index is 13.4. The van der Waals surface area contributed by atoms with Gasteiger partial charge in [-0.2, -0.15) is 0 Å². The molecule has 0 atom stereocenters. The monoisotopic (exact) mass is 298 g/mol. The molecule has 0 radical (unpaired) electrons. The lowest BCUT2D eigenvalue weighted by Gasteiger charge is -2.06. The van der Waals surface area contributed by atoms with E-state index in [1.54, 1.807) is 29.2 Å². The van der Waals surface area contributed by atoms with Crippen molar-refractivity contribution in [2.75, 3.05) is 6.54 Å². The molecule has 1 aromatic carbocycles. The van der Waals surface area contributed by atoms with Crippen LogP contribution in [0, 0.1) is 5.82 Å². The molecule has 2 aromatic rings. The van der Waals surface area contributed by atoms with E-state index in [1.807, 2.05) is 0 Å². The first-order valence-corrected chi connectivity index (χ1v) is 6.04. The number of hydrogen-bond acceptors (Lipinski definition) is 3. The topological polar surface area (TPSA) is 42.7 Å².